The van der Waals surface area contributed by atoms with Crippen LogP contribution < -0.4 is 0 Å². The Bertz CT molecular complexity index is 359. The second-order valence-electron chi connectivity index (χ2n) is 4.48. The third-order valence-electron chi connectivity index (χ3n) is 2.94. The van der Waals surface area contributed by atoms with E-state index in [9.17, 15) is 9.90 Å². The molecule has 0 unspecified atom stereocenters. The number of phenolic OH excluding ortho intramolecular Hbond substituents is 1. The molecule has 94 valence electrons. The number of ketones is 1. The molecule has 1 atom stereocenters. The molecule has 0 aliphatic heterocycles. The highest BCUT2D eigenvalue weighted by Gasteiger charge is 2.19. The van der Waals surface area contributed by atoms with E-state index in [1.807, 2.05) is 19.2 Å². The fraction of sp³-hybridized carbons (Fsp3) is 0.500. The number of carbonyl (C=O) groups is 1. The topological polar surface area (TPSA) is 40.5 Å². The summed E-state index contributed by atoms with van der Waals surface area (Å²) in [5, 5.41) is 9.22. The molecule has 0 fully saturated rings. The van der Waals surface area contributed by atoms with E-state index in [1.54, 1.807) is 19.1 Å². The maximum absolute atomic E-state index is 11.6. The Balaban J connectivity index is 2.73. The minimum Gasteiger partial charge on any atom is -0.508 e. The Hall–Kier alpha value is -1.35. The number of hydrogen-bond acceptors (Lipinski definition) is 3. The van der Waals surface area contributed by atoms with Gasteiger partial charge in [0.1, 0.15) is 11.5 Å². The number of Topliss-reactive ketones (excluding diaryl/α,β-unsaturated/α-hetero) is 1. The second kappa shape index (κ2) is 6.40. The quantitative estimate of drug-likeness (QED) is 0.822. The number of rotatable bonds is 6. The summed E-state index contributed by atoms with van der Waals surface area (Å²) in [5.74, 6) is 0.448. The molecule has 0 heterocycles. The summed E-state index contributed by atoms with van der Waals surface area (Å²) in [4.78, 5) is 13.7. The van der Waals surface area contributed by atoms with Gasteiger partial charge in [-0.05, 0) is 51.1 Å². The molecule has 0 aliphatic rings. The molecule has 1 rings (SSSR count). The average Bonchev–Trinajstić information content (AvgIpc) is 2.28. The molecule has 0 aromatic heterocycles. The van der Waals surface area contributed by atoms with Crippen molar-refractivity contribution in [2.75, 3.05) is 13.6 Å². The Morgan fingerprint density at radius 2 is 1.94 bits per heavy atom. The van der Waals surface area contributed by atoms with Crippen LogP contribution in [0.1, 0.15) is 25.8 Å². The predicted molar refractivity (Wildman–Crippen MR) is 69.2 cm³/mol. The zero-order valence-corrected chi connectivity index (χ0v) is 10.8. The smallest absolute Gasteiger partial charge is 0.147 e. The lowest BCUT2D eigenvalue weighted by atomic mass is 10.0. The van der Waals surface area contributed by atoms with Gasteiger partial charge in [0.05, 0.1) is 6.04 Å². The first-order chi connectivity index (χ1) is 8.04. The van der Waals surface area contributed by atoms with Crippen LogP contribution in [0, 0.1) is 0 Å². The monoisotopic (exact) mass is 235 g/mol. The number of phenols is 1. The summed E-state index contributed by atoms with van der Waals surface area (Å²) in [7, 11) is 1.98. The number of hydrogen-bond donors (Lipinski definition) is 1. The number of carbonyl (C=O) groups excluding carboxylic acids is 1. The summed E-state index contributed by atoms with van der Waals surface area (Å²) in [5.41, 5.74) is 1.07. The Morgan fingerprint density at radius 3 is 2.41 bits per heavy atom. The molecule has 3 nitrogen and oxygen atoms in total. The summed E-state index contributed by atoms with van der Waals surface area (Å²) < 4.78 is 0. The zero-order chi connectivity index (χ0) is 12.8. The summed E-state index contributed by atoms with van der Waals surface area (Å²) in [6.45, 7) is 4.66. The molecule has 0 radical (unpaired) electrons. The van der Waals surface area contributed by atoms with Crippen molar-refractivity contribution >= 4 is 5.78 Å². The van der Waals surface area contributed by atoms with Gasteiger partial charge in [0.15, 0.2) is 0 Å². The number of aromatic hydroxyl groups is 1. The highest BCUT2D eigenvalue weighted by Crippen LogP contribution is 2.13. The lowest BCUT2D eigenvalue weighted by Gasteiger charge is -2.25. The standard InChI is InChI=1S/C14H21NO2/c1-4-9-15(3)14(11(2)16)10-12-5-7-13(17)8-6-12/h5-8,14,17H,4,9-10H2,1-3H3/t14-/m0/s1. The van der Waals surface area contributed by atoms with Crippen LogP contribution in [0.4, 0.5) is 0 Å². The lowest BCUT2D eigenvalue weighted by molar-refractivity contribution is -0.121. The van der Waals surface area contributed by atoms with E-state index in [0.717, 1.165) is 18.5 Å². The molecule has 1 N–H and O–H groups in total. The maximum atomic E-state index is 11.6. The Morgan fingerprint density at radius 1 is 1.35 bits per heavy atom. The molecule has 3 heteroatoms. The largest absolute Gasteiger partial charge is 0.508 e. The van der Waals surface area contributed by atoms with Gasteiger partial charge in [-0.3, -0.25) is 9.69 Å². The van der Waals surface area contributed by atoms with Crippen LogP contribution in [0.5, 0.6) is 5.75 Å². The molecule has 1 aromatic rings. The summed E-state index contributed by atoms with van der Waals surface area (Å²) in [6.07, 6.45) is 1.74. The Kier molecular flexibility index (Phi) is 5.16. The molecule has 0 saturated carbocycles. The van der Waals surface area contributed by atoms with Gasteiger partial charge in [-0.15, -0.1) is 0 Å². The van der Waals surface area contributed by atoms with Crippen LogP contribution in [0.3, 0.4) is 0 Å². The summed E-state index contributed by atoms with van der Waals surface area (Å²) >= 11 is 0. The van der Waals surface area contributed by atoms with Gasteiger partial charge >= 0.3 is 0 Å². The molecule has 0 aliphatic carbocycles. The van der Waals surface area contributed by atoms with E-state index in [2.05, 4.69) is 11.8 Å². The highest BCUT2D eigenvalue weighted by atomic mass is 16.3. The average molecular weight is 235 g/mol. The van der Waals surface area contributed by atoms with Gasteiger partial charge in [-0.25, -0.2) is 0 Å². The van der Waals surface area contributed by atoms with E-state index < -0.39 is 0 Å². The van der Waals surface area contributed by atoms with Gasteiger partial charge in [0.2, 0.25) is 0 Å². The number of nitrogens with zero attached hydrogens (tertiary/aromatic N) is 1. The van der Waals surface area contributed by atoms with Gasteiger partial charge in [-0.2, -0.15) is 0 Å². The molecular weight excluding hydrogens is 214 g/mol. The van der Waals surface area contributed by atoms with Crippen molar-refractivity contribution in [1.29, 1.82) is 0 Å². The minimum atomic E-state index is -0.0699. The number of likely N-dealkylation sites (N-methyl/N-ethyl adjacent to an activating group) is 1. The van der Waals surface area contributed by atoms with E-state index in [-0.39, 0.29) is 17.6 Å². The van der Waals surface area contributed by atoms with Crippen LogP contribution in [0.25, 0.3) is 0 Å². The third kappa shape index (κ3) is 4.19. The first-order valence-corrected chi connectivity index (χ1v) is 6.03. The molecule has 17 heavy (non-hydrogen) atoms. The minimum absolute atomic E-state index is 0.0699. The van der Waals surface area contributed by atoms with Crippen LogP contribution >= 0.6 is 0 Å². The fourth-order valence-electron chi connectivity index (χ4n) is 1.97. The number of benzene rings is 1. The van der Waals surface area contributed by atoms with Crippen LogP contribution in [0.15, 0.2) is 24.3 Å². The molecule has 0 amide bonds. The van der Waals surface area contributed by atoms with Gasteiger partial charge < -0.3 is 5.11 Å². The van der Waals surface area contributed by atoms with E-state index in [4.69, 9.17) is 0 Å². The van der Waals surface area contributed by atoms with E-state index >= 15 is 0 Å². The second-order valence-corrected chi connectivity index (χ2v) is 4.48. The van der Waals surface area contributed by atoms with Gasteiger partial charge in [0.25, 0.3) is 0 Å². The zero-order valence-electron chi connectivity index (χ0n) is 10.8. The first-order valence-electron chi connectivity index (χ1n) is 6.03. The van der Waals surface area contributed by atoms with Gasteiger partial charge in [0, 0.05) is 0 Å². The van der Waals surface area contributed by atoms with Crippen molar-refractivity contribution < 1.29 is 9.90 Å². The molecule has 0 saturated heterocycles. The first kappa shape index (κ1) is 13.7. The van der Waals surface area contributed by atoms with Crippen LogP contribution in [-0.4, -0.2) is 35.4 Å². The Labute approximate surface area is 103 Å². The van der Waals surface area contributed by atoms with Crippen LogP contribution in [-0.2, 0) is 11.2 Å². The van der Waals surface area contributed by atoms with Gasteiger partial charge in [-0.1, -0.05) is 19.1 Å². The van der Waals surface area contributed by atoms with E-state index in [0.29, 0.717) is 6.42 Å². The third-order valence-corrected chi connectivity index (χ3v) is 2.94. The van der Waals surface area contributed by atoms with Crippen molar-refractivity contribution in [2.45, 2.75) is 32.7 Å². The predicted octanol–water partition coefficient (Wildman–Crippen LogP) is 2.23. The normalized spacial score (nSPS) is 12.7. The highest BCUT2D eigenvalue weighted by molar-refractivity contribution is 5.81. The van der Waals surface area contributed by atoms with Crippen molar-refractivity contribution in [3.63, 3.8) is 0 Å². The fourth-order valence-corrected chi connectivity index (χ4v) is 1.97. The van der Waals surface area contributed by atoms with Crippen LogP contribution in [0.2, 0.25) is 0 Å². The molecule has 1 aromatic carbocycles. The SMILES string of the molecule is CCCN(C)[C@@H](Cc1ccc(O)cc1)C(C)=O. The summed E-state index contributed by atoms with van der Waals surface area (Å²) in [6, 6.07) is 6.98. The molecule has 0 bridgehead atoms. The van der Waals surface area contributed by atoms with Crippen molar-refractivity contribution in [3.8, 4) is 5.75 Å². The van der Waals surface area contributed by atoms with E-state index in [1.165, 1.54) is 0 Å². The maximum Gasteiger partial charge on any atom is 0.147 e. The molecular formula is C14H21NO2. The van der Waals surface area contributed by atoms with Crippen molar-refractivity contribution in [1.82, 2.24) is 4.90 Å². The molecule has 0 spiro atoms. The van der Waals surface area contributed by atoms with Crippen molar-refractivity contribution in [2.24, 2.45) is 0 Å². The van der Waals surface area contributed by atoms with Crippen molar-refractivity contribution in [3.05, 3.63) is 29.8 Å². The lowest BCUT2D eigenvalue weighted by Crippen LogP contribution is -2.39.